The van der Waals surface area contributed by atoms with Gasteiger partial charge in [-0.25, -0.2) is 8.42 Å². The summed E-state index contributed by atoms with van der Waals surface area (Å²) >= 11 is 0. The van der Waals surface area contributed by atoms with Crippen LogP contribution in [0.2, 0.25) is 0 Å². The van der Waals surface area contributed by atoms with Crippen LogP contribution in [0.3, 0.4) is 0 Å². The summed E-state index contributed by atoms with van der Waals surface area (Å²) in [6.07, 6.45) is 0. The van der Waals surface area contributed by atoms with Gasteiger partial charge in [-0.15, -0.1) is 0 Å². The van der Waals surface area contributed by atoms with Crippen molar-refractivity contribution in [1.29, 1.82) is 0 Å². The third-order valence-electron chi connectivity index (χ3n) is 2.96. The van der Waals surface area contributed by atoms with Gasteiger partial charge in [0.2, 0.25) is 10.0 Å². The monoisotopic (exact) mass is 312 g/mol. The fraction of sp³-hybridized carbons (Fsp3) is 0.385. The van der Waals surface area contributed by atoms with Crippen molar-refractivity contribution in [3.63, 3.8) is 0 Å². The number of nitrogens with two attached hydrogens (primary N) is 1. The standard InChI is InChI=1S/C13H16N2O3S2/c14-7-1-2-12-3-5-13(6-4-12)20(17,18)15-8-10-19(16)11-9-15/h3-6H,7-11,14H2. The molecule has 1 aliphatic heterocycles. The lowest BCUT2D eigenvalue weighted by molar-refractivity contribution is 0.438. The molecule has 2 rings (SSSR count). The van der Waals surface area contributed by atoms with E-state index < -0.39 is 20.8 Å². The average Bonchev–Trinajstić information content (AvgIpc) is 2.46. The Morgan fingerprint density at radius 3 is 2.35 bits per heavy atom. The van der Waals surface area contributed by atoms with E-state index in [4.69, 9.17) is 5.73 Å². The molecule has 0 unspecified atom stereocenters. The van der Waals surface area contributed by atoms with Crippen molar-refractivity contribution in [2.75, 3.05) is 31.1 Å². The molecular weight excluding hydrogens is 296 g/mol. The van der Waals surface area contributed by atoms with Gasteiger partial charge in [0.05, 0.1) is 11.4 Å². The van der Waals surface area contributed by atoms with E-state index in [1.807, 2.05) is 0 Å². The van der Waals surface area contributed by atoms with Crippen LogP contribution >= 0.6 is 0 Å². The van der Waals surface area contributed by atoms with E-state index in [9.17, 15) is 12.6 Å². The van der Waals surface area contributed by atoms with Crippen LogP contribution < -0.4 is 5.73 Å². The third kappa shape index (κ3) is 3.46. The Kier molecular flexibility index (Phi) is 4.94. The molecule has 1 saturated heterocycles. The summed E-state index contributed by atoms with van der Waals surface area (Å²) < 4.78 is 37.4. The molecule has 5 nitrogen and oxygen atoms in total. The van der Waals surface area contributed by atoms with E-state index in [-0.39, 0.29) is 11.4 Å². The van der Waals surface area contributed by atoms with Crippen molar-refractivity contribution in [2.24, 2.45) is 5.73 Å². The maximum atomic E-state index is 12.4. The van der Waals surface area contributed by atoms with Crippen LogP contribution in [-0.2, 0) is 20.8 Å². The molecule has 108 valence electrons. The molecule has 0 saturated carbocycles. The molecule has 0 radical (unpaired) electrons. The highest BCUT2D eigenvalue weighted by molar-refractivity contribution is 7.89. The van der Waals surface area contributed by atoms with E-state index in [0.717, 1.165) is 5.56 Å². The number of rotatable bonds is 2. The van der Waals surface area contributed by atoms with Crippen molar-refractivity contribution < 1.29 is 12.6 Å². The first-order valence-corrected chi connectivity index (χ1v) is 9.11. The summed E-state index contributed by atoms with van der Waals surface area (Å²) in [7, 11) is -4.39. The average molecular weight is 312 g/mol. The Hall–Kier alpha value is -1.20. The molecule has 0 aromatic heterocycles. The van der Waals surface area contributed by atoms with Gasteiger partial charge in [-0.3, -0.25) is 4.21 Å². The summed E-state index contributed by atoms with van der Waals surface area (Å²) in [6.45, 7) is 0.887. The van der Waals surface area contributed by atoms with Crippen LogP contribution in [0.4, 0.5) is 0 Å². The molecule has 20 heavy (non-hydrogen) atoms. The van der Waals surface area contributed by atoms with Gasteiger partial charge in [0.15, 0.2) is 0 Å². The zero-order chi connectivity index (χ0) is 14.6. The van der Waals surface area contributed by atoms with Crippen molar-refractivity contribution in [2.45, 2.75) is 4.90 Å². The summed E-state index contributed by atoms with van der Waals surface area (Å²) in [4.78, 5) is 0.239. The summed E-state index contributed by atoms with van der Waals surface area (Å²) in [5.74, 6) is 6.36. The molecule has 1 aromatic rings. The minimum absolute atomic E-state index is 0.239. The molecule has 0 atom stereocenters. The number of benzene rings is 1. The van der Waals surface area contributed by atoms with Gasteiger partial charge in [0, 0.05) is 41.0 Å². The fourth-order valence-electron chi connectivity index (χ4n) is 1.87. The minimum atomic E-state index is -3.50. The summed E-state index contributed by atoms with van der Waals surface area (Å²) in [5.41, 5.74) is 6.01. The Morgan fingerprint density at radius 1 is 1.20 bits per heavy atom. The Balaban J connectivity index is 2.19. The van der Waals surface area contributed by atoms with Crippen LogP contribution in [0, 0.1) is 11.8 Å². The Bertz CT molecular complexity index is 647. The zero-order valence-corrected chi connectivity index (χ0v) is 12.5. The van der Waals surface area contributed by atoms with E-state index in [0.29, 0.717) is 24.6 Å². The second-order valence-corrected chi connectivity index (χ2v) is 7.92. The summed E-state index contributed by atoms with van der Waals surface area (Å²) in [6, 6.07) is 6.41. The highest BCUT2D eigenvalue weighted by Gasteiger charge is 2.27. The van der Waals surface area contributed by atoms with Gasteiger partial charge < -0.3 is 5.73 Å². The zero-order valence-electron chi connectivity index (χ0n) is 10.9. The summed E-state index contributed by atoms with van der Waals surface area (Å²) in [5, 5.41) is 0. The lowest BCUT2D eigenvalue weighted by atomic mass is 10.2. The molecule has 0 amide bonds. The highest BCUT2D eigenvalue weighted by atomic mass is 32.2. The second kappa shape index (κ2) is 6.50. The Labute approximate surface area is 121 Å². The van der Waals surface area contributed by atoms with Gasteiger partial charge in [-0.1, -0.05) is 11.8 Å². The Morgan fingerprint density at radius 2 is 1.80 bits per heavy atom. The maximum absolute atomic E-state index is 12.4. The largest absolute Gasteiger partial charge is 0.320 e. The number of hydrogen-bond donors (Lipinski definition) is 1. The van der Waals surface area contributed by atoms with Crippen LogP contribution in [-0.4, -0.2) is 48.1 Å². The normalized spacial score (nSPS) is 17.4. The molecule has 1 fully saturated rings. The third-order valence-corrected chi connectivity index (χ3v) is 6.15. The van der Waals surface area contributed by atoms with Crippen molar-refractivity contribution in [1.82, 2.24) is 4.31 Å². The van der Waals surface area contributed by atoms with Gasteiger partial charge in [-0.05, 0) is 24.3 Å². The fourth-order valence-corrected chi connectivity index (χ4v) is 4.60. The van der Waals surface area contributed by atoms with Crippen LogP contribution in [0.25, 0.3) is 0 Å². The number of hydrogen-bond acceptors (Lipinski definition) is 4. The van der Waals surface area contributed by atoms with Crippen LogP contribution in [0.5, 0.6) is 0 Å². The second-order valence-electron chi connectivity index (χ2n) is 4.28. The number of sulfonamides is 1. The number of nitrogens with zero attached hydrogens (tertiary/aromatic N) is 1. The lowest BCUT2D eigenvalue weighted by Gasteiger charge is -2.25. The van der Waals surface area contributed by atoms with Crippen LogP contribution in [0.15, 0.2) is 29.2 Å². The van der Waals surface area contributed by atoms with E-state index in [1.165, 1.54) is 4.31 Å². The minimum Gasteiger partial charge on any atom is -0.320 e. The molecule has 1 aliphatic rings. The maximum Gasteiger partial charge on any atom is 0.243 e. The smallest absolute Gasteiger partial charge is 0.243 e. The molecule has 0 aliphatic carbocycles. The molecule has 0 bridgehead atoms. The quantitative estimate of drug-likeness (QED) is 0.764. The van der Waals surface area contributed by atoms with Gasteiger partial charge in [0.25, 0.3) is 0 Å². The van der Waals surface area contributed by atoms with Crippen LogP contribution in [0.1, 0.15) is 5.56 Å². The molecular formula is C13H16N2O3S2. The van der Waals surface area contributed by atoms with Gasteiger partial charge in [-0.2, -0.15) is 4.31 Å². The molecule has 0 spiro atoms. The van der Waals surface area contributed by atoms with Crippen molar-refractivity contribution in [3.8, 4) is 11.8 Å². The lowest BCUT2D eigenvalue weighted by Crippen LogP contribution is -2.41. The topological polar surface area (TPSA) is 80.5 Å². The predicted octanol–water partition coefficient (Wildman–Crippen LogP) is -0.250. The molecule has 1 heterocycles. The van der Waals surface area contributed by atoms with Crippen molar-refractivity contribution >= 4 is 20.8 Å². The first kappa shape index (κ1) is 15.2. The van der Waals surface area contributed by atoms with E-state index in [1.54, 1.807) is 24.3 Å². The molecule has 7 heteroatoms. The SMILES string of the molecule is NCC#Cc1ccc(S(=O)(=O)N2CCS(=O)CC2)cc1. The van der Waals surface area contributed by atoms with Gasteiger partial charge in [0.1, 0.15) is 0 Å². The van der Waals surface area contributed by atoms with E-state index in [2.05, 4.69) is 11.8 Å². The molecule has 2 N–H and O–H groups in total. The molecule has 1 aromatic carbocycles. The first-order valence-electron chi connectivity index (χ1n) is 6.18. The highest BCUT2D eigenvalue weighted by Crippen LogP contribution is 2.17. The van der Waals surface area contributed by atoms with Gasteiger partial charge >= 0.3 is 0 Å². The first-order chi connectivity index (χ1) is 9.54. The predicted molar refractivity (Wildman–Crippen MR) is 79.0 cm³/mol. The van der Waals surface area contributed by atoms with E-state index >= 15 is 0 Å². The van der Waals surface area contributed by atoms with Crippen molar-refractivity contribution in [3.05, 3.63) is 29.8 Å².